The normalized spacial score (nSPS) is 41.6. The first kappa shape index (κ1) is 9.40. The van der Waals surface area contributed by atoms with E-state index in [1.165, 1.54) is 7.11 Å². The van der Waals surface area contributed by atoms with E-state index in [0.29, 0.717) is 0 Å². The number of hydrogen-bond acceptors (Lipinski definition) is 5. The van der Waals surface area contributed by atoms with Gasteiger partial charge in [0.25, 0.3) is 0 Å². The fraction of sp³-hybridized carbons (Fsp3) is 0.833. The Bertz CT molecular complexity index is 181. The molecule has 1 aliphatic rings. The van der Waals surface area contributed by atoms with Gasteiger partial charge in [0.15, 0.2) is 12.4 Å². The average Bonchev–Trinajstić information content (AvgIpc) is 2.30. The van der Waals surface area contributed by atoms with E-state index < -0.39 is 30.6 Å². The molecule has 0 spiro atoms. The van der Waals surface area contributed by atoms with E-state index in [1.807, 2.05) is 0 Å². The van der Waals surface area contributed by atoms with Gasteiger partial charge in [0.05, 0.1) is 0 Å². The Morgan fingerprint density at radius 1 is 1.42 bits per heavy atom. The molecule has 0 saturated carbocycles. The van der Waals surface area contributed by atoms with Crippen LogP contribution in [-0.2, 0) is 14.3 Å². The van der Waals surface area contributed by atoms with Crippen LogP contribution in [0.3, 0.4) is 0 Å². The van der Waals surface area contributed by atoms with Crippen molar-refractivity contribution in [1.82, 2.24) is 0 Å². The molecule has 70 valence electrons. The molecule has 3 N–H and O–H groups in total. The molecule has 1 saturated heterocycles. The van der Waals surface area contributed by atoms with Crippen LogP contribution in [0, 0.1) is 0 Å². The zero-order valence-electron chi connectivity index (χ0n) is 6.38. The molecule has 1 heterocycles. The Labute approximate surface area is 68.3 Å². The molecule has 1 aliphatic heterocycles. The van der Waals surface area contributed by atoms with Crippen molar-refractivity contribution in [3.8, 4) is 0 Å². The minimum Gasteiger partial charge on any atom is -0.479 e. The SMILES string of the molecule is COC1OC(C(=O)O)C(O)C1O. The molecular formula is C6H10O6. The van der Waals surface area contributed by atoms with Crippen LogP contribution < -0.4 is 0 Å². The lowest BCUT2D eigenvalue weighted by Crippen LogP contribution is -2.36. The molecule has 1 fully saturated rings. The first-order valence-electron chi connectivity index (χ1n) is 3.35. The number of carbonyl (C=O) groups is 1. The minimum atomic E-state index is -1.44. The molecule has 12 heavy (non-hydrogen) atoms. The Morgan fingerprint density at radius 3 is 2.25 bits per heavy atom. The molecule has 0 bridgehead atoms. The first-order chi connectivity index (χ1) is 5.57. The van der Waals surface area contributed by atoms with Crippen LogP contribution in [0.2, 0.25) is 0 Å². The quantitative estimate of drug-likeness (QED) is 0.460. The van der Waals surface area contributed by atoms with E-state index >= 15 is 0 Å². The first-order valence-corrected chi connectivity index (χ1v) is 3.35. The van der Waals surface area contributed by atoms with Crippen molar-refractivity contribution in [3.63, 3.8) is 0 Å². The van der Waals surface area contributed by atoms with Crippen molar-refractivity contribution < 1.29 is 29.6 Å². The Balaban J connectivity index is 2.66. The number of carboxylic acid groups (broad SMARTS) is 1. The maximum Gasteiger partial charge on any atom is 0.335 e. The predicted molar refractivity (Wildman–Crippen MR) is 35.3 cm³/mol. The van der Waals surface area contributed by atoms with Gasteiger partial charge in [-0.15, -0.1) is 0 Å². The van der Waals surface area contributed by atoms with Gasteiger partial charge in [-0.2, -0.15) is 0 Å². The van der Waals surface area contributed by atoms with Gasteiger partial charge >= 0.3 is 5.97 Å². The molecule has 0 aliphatic carbocycles. The fourth-order valence-corrected chi connectivity index (χ4v) is 1.04. The second-order valence-corrected chi connectivity index (χ2v) is 2.48. The van der Waals surface area contributed by atoms with Crippen molar-refractivity contribution in [2.24, 2.45) is 0 Å². The molecule has 0 amide bonds. The van der Waals surface area contributed by atoms with E-state index in [1.54, 1.807) is 0 Å². The van der Waals surface area contributed by atoms with Crippen molar-refractivity contribution in [2.45, 2.75) is 24.6 Å². The van der Waals surface area contributed by atoms with Crippen molar-refractivity contribution in [1.29, 1.82) is 0 Å². The summed E-state index contributed by atoms with van der Waals surface area (Å²) >= 11 is 0. The number of hydrogen-bond donors (Lipinski definition) is 3. The molecule has 0 aromatic heterocycles. The molecule has 4 unspecified atom stereocenters. The van der Waals surface area contributed by atoms with Crippen LogP contribution in [0.15, 0.2) is 0 Å². The maximum absolute atomic E-state index is 10.4. The standard InChI is InChI=1S/C6H10O6/c1-11-6-3(8)2(7)4(12-6)5(9)10/h2-4,6-8H,1H3,(H,9,10). The number of aliphatic carboxylic acids is 1. The molecule has 1 rings (SSSR count). The van der Waals surface area contributed by atoms with E-state index in [9.17, 15) is 4.79 Å². The number of aliphatic hydroxyl groups is 2. The second kappa shape index (κ2) is 3.36. The summed E-state index contributed by atoms with van der Waals surface area (Å²) in [5.41, 5.74) is 0. The van der Waals surface area contributed by atoms with Crippen LogP contribution in [0.5, 0.6) is 0 Å². The zero-order valence-corrected chi connectivity index (χ0v) is 6.38. The topological polar surface area (TPSA) is 96.2 Å². The summed E-state index contributed by atoms with van der Waals surface area (Å²) in [5, 5.41) is 26.7. The molecular weight excluding hydrogens is 168 g/mol. The average molecular weight is 178 g/mol. The summed E-state index contributed by atoms with van der Waals surface area (Å²) in [6.07, 6.45) is -5.23. The van der Waals surface area contributed by atoms with Gasteiger partial charge < -0.3 is 24.8 Å². The van der Waals surface area contributed by atoms with Gasteiger partial charge in [0.1, 0.15) is 12.2 Å². The Hall–Kier alpha value is -0.690. The molecule has 4 atom stereocenters. The molecule has 0 aromatic carbocycles. The van der Waals surface area contributed by atoms with Crippen LogP contribution in [0.25, 0.3) is 0 Å². The summed E-state index contributed by atoms with van der Waals surface area (Å²) in [6.45, 7) is 0. The lowest BCUT2D eigenvalue weighted by molar-refractivity contribution is -0.172. The number of aliphatic hydroxyl groups excluding tert-OH is 2. The summed E-state index contributed by atoms with van der Waals surface area (Å²) in [6, 6.07) is 0. The summed E-state index contributed by atoms with van der Waals surface area (Å²) in [7, 11) is 1.25. The van der Waals surface area contributed by atoms with E-state index in [4.69, 9.17) is 15.3 Å². The van der Waals surface area contributed by atoms with Crippen molar-refractivity contribution in [2.75, 3.05) is 7.11 Å². The number of ether oxygens (including phenoxy) is 2. The van der Waals surface area contributed by atoms with Crippen molar-refractivity contribution in [3.05, 3.63) is 0 Å². The third-order valence-corrected chi connectivity index (χ3v) is 1.70. The van der Waals surface area contributed by atoms with Gasteiger partial charge in [-0.1, -0.05) is 0 Å². The van der Waals surface area contributed by atoms with Crippen LogP contribution in [-0.4, -0.2) is 53.0 Å². The van der Waals surface area contributed by atoms with Gasteiger partial charge in [-0.3, -0.25) is 0 Å². The smallest absolute Gasteiger partial charge is 0.335 e. The third kappa shape index (κ3) is 1.42. The zero-order chi connectivity index (χ0) is 9.30. The largest absolute Gasteiger partial charge is 0.479 e. The lowest BCUT2D eigenvalue weighted by atomic mass is 10.1. The molecule has 0 aromatic rings. The van der Waals surface area contributed by atoms with E-state index in [0.717, 1.165) is 0 Å². The van der Waals surface area contributed by atoms with Crippen LogP contribution in [0.4, 0.5) is 0 Å². The van der Waals surface area contributed by atoms with Gasteiger partial charge in [0.2, 0.25) is 0 Å². The maximum atomic E-state index is 10.4. The number of methoxy groups -OCH3 is 1. The molecule has 6 heteroatoms. The second-order valence-electron chi connectivity index (χ2n) is 2.48. The van der Waals surface area contributed by atoms with E-state index in [2.05, 4.69) is 9.47 Å². The van der Waals surface area contributed by atoms with E-state index in [-0.39, 0.29) is 0 Å². The highest BCUT2D eigenvalue weighted by Crippen LogP contribution is 2.21. The summed E-state index contributed by atoms with van der Waals surface area (Å²) < 4.78 is 9.25. The van der Waals surface area contributed by atoms with Gasteiger partial charge in [-0.25, -0.2) is 4.79 Å². The van der Waals surface area contributed by atoms with Crippen LogP contribution in [0.1, 0.15) is 0 Å². The van der Waals surface area contributed by atoms with Crippen molar-refractivity contribution >= 4 is 5.97 Å². The number of rotatable bonds is 2. The third-order valence-electron chi connectivity index (χ3n) is 1.70. The minimum absolute atomic E-state index is 1.07. The highest BCUT2D eigenvalue weighted by molar-refractivity contribution is 5.73. The Kier molecular flexibility index (Phi) is 2.63. The molecule has 6 nitrogen and oxygen atoms in total. The summed E-state index contributed by atoms with van der Waals surface area (Å²) in [5.74, 6) is -1.32. The highest BCUT2D eigenvalue weighted by Gasteiger charge is 2.46. The lowest BCUT2D eigenvalue weighted by Gasteiger charge is -2.11. The van der Waals surface area contributed by atoms with Gasteiger partial charge in [0, 0.05) is 7.11 Å². The molecule has 0 radical (unpaired) electrons. The van der Waals surface area contributed by atoms with Gasteiger partial charge in [-0.05, 0) is 0 Å². The Morgan fingerprint density at radius 2 is 2.00 bits per heavy atom. The number of carboxylic acids is 1. The monoisotopic (exact) mass is 178 g/mol. The predicted octanol–water partition coefficient (Wildman–Crippen LogP) is -1.84. The summed E-state index contributed by atoms with van der Waals surface area (Å²) in [4.78, 5) is 10.4. The van der Waals surface area contributed by atoms with Crippen LogP contribution >= 0.6 is 0 Å². The fourth-order valence-electron chi connectivity index (χ4n) is 1.04. The highest BCUT2D eigenvalue weighted by atomic mass is 16.7.